The molecule has 1 atom stereocenters. The third-order valence-electron chi connectivity index (χ3n) is 5.31. The van der Waals surface area contributed by atoms with Gasteiger partial charge in [0.25, 0.3) is 11.9 Å². The van der Waals surface area contributed by atoms with Crippen molar-refractivity contribution in [3.63, 3.8) is 0 Å². The highest BCUT2D eigenvalue weighted by Gasteiger charge is 2.28. The number of nitrogens with one attached hydrogen (secondary N) is 1. The number of ether oxygens (including phenoxy) is 1. The minimum atomic E-state index is -0.299. The molecular weight excluding hydrogens is 370 g/mol. The number of rotatable bonds is 8. The van der Waals surface area contributed by atoms with Crippen LogP contribution < -0.4 is 10.2 Å². The van der Waals surface area contributed by atoms with Crippen LogP contribution in [0.1, 0.15) is 46.5 Å². The quantitative estimate of drug-likeness (QED) is 0.681. The van der Waals surface area contributed by atoms with Gasteiger partial charge in [0.1, 0.15) is 5.52 Å². The second kappa shape index (κ2) is 9.76. The Hall–Kier alpha value is -2.57. The van der Waals surface area contributed by atoms with Crippen molar-refractivity contribution in [3.8, 4) is 0 Å². The first-order chi connectivity index (χ1) is 13.9. The number of nitrogens with zero attached hydrogens (tertiary/aromatic N) is 2. The minimum Gasteiger partial charge on any atom is -0.455 e. The highest BCUT2D eigenvalue weighted by Crippen LogP contribution is 2.26. The van der Waals surface area contributed by atoms with E-state index in [-0.39, 0.29) is 30.4 Å². The van der Waals surface area contributed by atoms with Crippen LogP contribution in [-0.2, 0) is 14.3 Å². The van der Waals surface area contributed by atoms with E-state index in [1.807, 2.05) is 36.1 Å². The molecule has 7 nitrogen and oxygen atoms in total. The molecule has 2 heterocycles. The lowest BCUT2D eigenvalue weighted by Crippen LogP contribution is -2.39. The number of hydrogen-bond acceptors (Lipinski definition) is 6. The summed E-state index contributed by atoms with van der Waals surface area (Å²) in [5.41, 5.74) is 1.59. The van der Waals surface area contributed by atoms with Gasteiger partial charge in [-0.1, -0.05) is 26.0 Å². The summed E-state index contributed by atoms with van der Waals surface area (Å²) in [7, 11) is 0. The largest absolute Gasteiger partial charge is 0.455 e. The highest BCUT2D eigenvalue weighted by atomic mass is 16.5. The number of carbonyl (C=O) groups excluding carboxylic acids is 2. The summed E-state index contributed by atoms with van der Waals surface area (Å²) in [5.74, 6) is -0.125. The molecule has 3 rings (SSSR count). The standard InChI is InChI=1S/C22H31N3O4/c1-15(2)8-9-16(3)23-20(26)14-28-21(27)17-10-12-25(13-11-17)22-24-18-6-4-5-7-19(18)29-22/h4-7,15-17H,8-14H2,1-3H3,(H,23,26)/t16-/m1/s1. The molecule has 1 N–H and O–H groups in total. The molecule has 0 aliphatic carbocycles. The fourth-order valence-electron chi connectivity index (χ4n) is 3.53. The van der Waals surface area contributed by atoms with Crippen molar-refractivity contribution >= 4 is 29.0 Å². The van der Waals surface area contributed by atoms with Gasteiger partial charge < -0.3 is 19.4 Å². The highest BCUT2D eigenvalue weighted by molar-refractivity contribution is 5.81. The van der Waals surface area contributed by atoms with Crippen LogP contribution in [0.4, 0.5) is 6.01 Å². The van der Waals surface area contributed by atoms with E-state index >= 15 is 0 Å². The number of benzene rings is 1. The second-order valence-corrected chi connectivity index (χ2v) is 8.27. The molecule has 1 saturated heterocycles. The normalized spacial score (nSPS) is 16.2. The number of esters is 1. The van der Waals surface area contributed by atoms with E-state index in [1.54, 1.807) is 0 Å². The molecule has 2 aromatic rings. The van der Waals surface area contributed by atoms with Crippen molar-refractivity contribution in [1.82, 2.24) is 10.3 Å². The van der Waals surface area contributed by atoms with Crippen molar-refractivity contribution in [1.29, 1.82) is 0 Å². The molecule has 0 radical (unpaired) electrons. The first-order valence-electron chi connectivity index (χ1n) is 10.5. The number of carbonyl (C=O) groups is 2. The molecule has 1 aromatic heterocycles. The fraction of sp³-hybridized carbons (Fsp3) is 0.591. The average Bonchev–Trinajstić information content (AvgIpc) is 3.15. The van der Waals surface area contributed by atoms with Crippen LogP contribution in [0, 0.1) is 11.8 Å². The number of aromatic nitrogens is 1. The lowest BCUT2D eigenvalue weighted by molar-refractivity contribution is -0.153. The van der Waals surface area contributed by atoms with E-state index in [0.29, 0.717) is 37.9 Å². The maximum atomic E-state index is 12.3. The summed E-state index contributed by atoms with van der Waals surface area (Å²) in [6, 6.07) is 8.33. The number of para-hydroxylation sites is 2. The average molecular weight is 402 g/mol. The molecule has 1 amide bonds. The molecule has 29 heavy (non-hydrogen) atoms. The van der Waals surface area contributed by atoms with E-state index in [9.17, 15) is 9.59 Å². The second-order valence-electron chi connectivity index (χ2n) is 8.27. The number of anilines is 1. The maximum absolute atomic E-state index is 12.3. The SMILES string of the molecule is CC(C)CC[C@@H](C)NC(=O)COC(=O)C1CCN(c2nc3ccccc3o2)CC1. The molecule has 1 aliphatic heterocycles. The Labute approximate surface area is 171 Å². The van der Waals surface area contributed by atoms with Crippen LogP contribution in [0.5, 0.6) is 0 Å². The Morgan fingerprint density at radius 1 is 1.21 bits per heavy atom. The Kier molecular flexibility index (Phi) is 7.12. The van der Waals surface area contributed by atoms with E-state index in [1.165, 1.54) is 0 Å². The number of oxazole rings is 1. The molecule has 1 aliphatic rings. The molecular formula is C22H31N3O4. The van der Waals surface area contributed by atoms with Gasteiger partial charge in [-0.3, -0.25) is 9.59 Å². The summed E-state index contributed by atoms with van der Waals surface area (Å²) >= 11 is 0. The predicted molar refractivity (Wildman–Crippen MR) is 112 cm³/mol. The Bertz CT molecular complexity index is 791. The summed E-state index contributed by atoms with van der Waals surface area (Å²) in [4.78, 5) is 30.9. The Balaban J connectivity index is 1.40. The van der Waals surface area contributed by atoms with E-state index in [0.717, 1.165) is 23.9 Å². The number of piperidine rings is 1. The molecule has 7 heteroatoms. The van der Waals surface area contributed by atoms with Crippen LogP contribution in [0.15, 0.2) is 28.7 Å². The van der Waals surface area contributed by atoms with Crippen molar-refractivity contribution in [2.24, 2.45) is 11.8 Å². The Morgan fingerprint density at radius 2 is 1.93 bits per heavy atom. The zero-order chi connectivity index (χ0) is 20.8. The smallest absolute Gasteiger partial charge is 0.309 e. The van der Waals surface area contributed by atoms with Crippen LogP contribution in [0.2, 0.25) is 0 Å². The predicted octanol–water partition coefficient (Wildman–Crippen LogP) is 3.53. The van der Waals surface area contributed by atoms with Crippen LogP contribution in [-0.4, -0.2) is 42.6 Å². The molecule has 1 fully saturated rings. The summed E-state index contributed by atoms with van der Waals surface area (Å²) < 4.78 is 11.0. The van der Waals surface area contributed by atoms with E-state index < -0.39 is 0 Å². The van der Waals surface area contributed by atoms with E-state index in [2.05, 4.69) is 24.1 Å². The number of amides is 1. The van der Waals surface area contributed by atoms with Gasteiger partial charge in [-0.2, -0.15) is 4.98 Å². The Morgan fingerprint density at radius 3 is 2.62 bits per heavy atom. The molecule has 0 saturated carbocycles. The zero-order valence-electron chi connectivity index (χ0n) is 17.5. The van der Waals surface area contributed by atoms with Gasteiger partial charge in [-0.15, -0.1) is 0 Å². The van der Waals surface area contributed by atoms with Crippen LogP contribution >= 0.6 is 0 Å². The lowest BCUT2D eigenvalue weighted by atomic mass is 9.97. The molecule has 0 bridgehead atoms. The molecule has 158 valence electrons. The molecule has 0 spiro atoms. The minimum absolute atomic E-state index is 0.0863. The van der Waals surface area contributed by atoms with Gasteiger partial charge in [-0.05, 0) is 50.7 Å². The number of fused-ring (bicyclic) bond motifs is 1. The topological polar surface area (TPSA) is 84.7 Å². The fourth-order valence-corrected chi connectivity index (χ4v) is 3.53. The van der Waals surface area contributed by atoms with Gasteiger partial charge in [-0.25, -0.2) is 0 Å². The van der Waals surface area contributed by atoms with Crippen molar-refractivity contribution < 1.29 is 18.7 Å². The summed E-state index contributed by atoms with van der Waals surface area (Å²) in [6.07, 6.45) is 3.29. The third-order valence-corrected chi connectivity index (χ3v) is 5.31. The van der Waals surface area contributed by atoms with E-state index in [4.69, 9.17) is 9.15 Å². The molecule has 1 aromatic carbocycles. The van der Waals surface area contributed by atoms with Gasteiger partial charge in [0.2, 0.25) is 0 Å². The maximum Gasteiger partial charge on any atom is 0.309 e. The van der Waals surface area contributed by atoms with Crippen molar-refractivity contribution in [2.45, 2.75) is 52.5 Å². The first kappa shape index (κ1) is 21.1. The van der Waals surface area contributed by atoms with Gasteiger partial charge in [0.05, 0.1) is 5.92 Å². The monoisotopic (exact) mass is 401 g/mol. The van der Waals surface area contributed by atoms with Crippen molar-refractivity contribution in [3.05, 3.63) is 24.3 Å². The first-order valence-corrected chi connectivity index (χ1v) is 10.5. The van der Waals surface area contributed by atoms with Crippen LogP contribution in [0.3, 0.4) is 0 Å². The van der Waals surface area contributed by atoms with Crippen molar-refractivity contribution in [2.75, 3.05) is 24.6 Å². The molecule has 0 unspecified atom stereocenters. The summed E-state index contributed by atoms with van der Waals surface area (Å²) in [6.45, 7) is 7.42. The van der Waals surface area contributed by atoms with Gasteiger partial charge in [0, 0.05) is 19.1 Å². The number of hydrogen-bond donors (Lipinski definition) is 1. The third kappa shape index (κ3) is 5.95. The summed E-state index contributed by atoms with van der Waals surface area (Å²) in [5, 5.41) is 2.89. The van der Waals surface area contributed by atoms with Gasteiger partial charge >= 0.3 is 5.97 Å². The lowest BCUT2D eigenvalue weighted by Gasteiger charge is -2.29. The van der Waals surface area contributed by atoms with Crippen LogP contribution in [0.25, 0.3) is 11.1 Å². The zero-order valence-corrected chi connectivity index (χ0v) is 17.5. The van der Waals surface area contributed by atoms with Gasteiger partial charge in [0.15, 0.2) is 12.2 Å².